The maximum Gasteiger partial charge on any atom is 0.330 e. The lowest BCUT2D eigenvalue weighted by molar-refractivity contribution is 0.0569. The molecule has 0 radical (unpaired) electrons. The Bertz CT molecular complexity index is 1240. The predicted octanol–water partition coefficient (Wildman–Crippen LogP) is 3.09. The Morgan fingerprint density at radius 2 is 2.06 bits per heavy atom. The second kappa shape index (κ2) is 6.93. The van der Waals surface area contributed by atoms with Crippen LogP contribution in [0, 0.1) is 11.3 Å². The Morgan fingerprint density at radius 3 is 2.71 bits per heavy atom. The monoisotopic (exact) mass is 421 g/mol. The van der Waals surface area contributed by atoms with Crippen LogP contribution < -0.4 is 5.69 Å². The first-order valence-electron chi connectivity index (χ1n) is 10.7. The van der Waals surface area contributed by atoms with E-state index in [1.807, 2.05) is 21.6 Å². The number of hydrogen-bond acceptors (Lipinski definition) is 5. The molecule has 2 aliphatic heterocycles. The molecule has 1 fully saturated rings. The fourth-order valence-corrected chi connectivity index (χ4v) is 4.80. The van der Waals surface area contributed by atoms with Crippen LogP contribution in [-0.2, 0) is 13.6 Å². The molecule has 6 rings (SSSR count). The summed E-state index contributed by atoms with van der Waals surface area (Å²) in [7, 11) is 1.78. The molecule has 1 saturated heterocycles. The van der Waals surface area contributed by atoms with Gasteiger partial charge in [0, 0.05) is 26.1 Å². The molecule has 8 nitrogen and oxygen atoms in total. The lowest BCUT2D eigenvalue weighted by Crippen LogP contribution is -2.49. The van der Waals surface area contributed by atoms with Gasteiger partial charge in [0.25, 0.3) is 5.89 Å². The standard InChI is InChI=1S/C23H27N5O3/c1-23(2,3)13-28-18-8-7-17(25-19(18)26(4)22(28)30)16-11-15-6-5-14(16)12-27(15)21(29)20-24-9-10-31-20/h7-11,14-15H,5-6,12-13H2,1-4H3. The van der Waals surface area contributed by atoms with E-state index in [1.54, 1.807) is 11.6 Å². The number of fused-ring (bicyclic) bond motifs is 3. The minimum atomic E-state index is -0.167. The number of rotatable bonds is 3. The Balaban J connectivity index is 1.50. The summed E-state index contributed by atoms with van der Waals surface area (Å²) in [5, 5.41) is 0. The highest BCUT2D eigenvalue weighted by Gasteiger charge is 2.39. The van der Waals surface area contributed by atoms with Crippen molar-refractivity contribution in [2.24, 2.45) is 18.4 Å². The summed E-state index contributed by atoms with van der Waals surface area (Å²) in [5.41, 5.74) is 3.53. The number of oxazole rings is 1. The molecule has 31 heavy (non-hydrogen) atoms. The maximum absolute atomic E-state index is 12.8. The normalized spacial score (nSPS) is 21.0. The van der Waals surface area contributed by atoms with Gasteiger partial charge in [-0.25, -0.2) is 14.8 Å². The highest BCUT2D eigenvalue weighted by molar-refractivity contribution is 5.91. The van der Waals surface area contributed by atoms with E-state index in [4.69, 9.17) is 9.40 Å². The van der Waals surface area contributed by atoms with Crippen molar-refractivity contribution in [2.45, 2.75) is 46.2 Å². The molecule has 8 heteroatoms. The van der Waals surface area contributed by atoms with Crippen LogP contribution in [0.4, 0.5) is 0 Å². The third kappa shape index (κ3) is 3.30. The molecule has 3 aromatic heterocycles. The summed E-state index contributed by atoms with van der Waals surface area (Å²) in [5.74, 6) is 0.180. The number of nitrogens with zero attached hydrogens (tertiary/aromatic N) is 5. The topological polar surface area (TPSA) is 86.2 Å². The van der Waals surface area contributed by atoms with Crippen molar-refractivity contribution in [3.05, 3.63) is 52.7 Å². The van der Waals surface area contributed by atoms with E-state index in [-0.39, 0.29) is 34.9 Å². The summed E-state index contributed by atoms with van der Waals surface area (Å²) in [6.07, 6.45) is 6.99. The number of carbonyl (C=O) groups is 1. The molecule has 1 aliphatic carbocycles. The van der Waals surface area contributed by atoms with Crippen molar-refractivity contribution in [1.29, 1.82) is 0 Å². The number of piperidine rings is 1. The van der Waals surface area contributed by atoms with Gasteiger partial charge in [0.05, 0.1) is 23.4 Å². The van der Waals surface area contributed by atoms with E-state index < -0.39 is 0 Å². The second-order valence-corrected chi connectivity index (χ2v) is 9.79. The second-order valence-electron chi connectivity index (χ2n) is 9.79. The average molecular weight is 422 g/mol. The minimum Gasteiger partial charge on any atom is -0.441 e. The first-order chi connectivity index (χ1) is 14.7. The molecule has 2 unspecified atom stereocenters. The van der Waals surface area contributed by atoms with E-state index in [2.05, 4.69) is 31.8 Å². The predicted molar refractivity (Wildman–Crippen MR) is 116 cm³/mol. The highest BCUT2D eigenvalue weighted by atomic mass is 16.4. The molecule has 0 aromatic carbocycles. The van der Waals surface area contributed by atoms with Crippen LogP contribution in [0.2, 0.25) is 0 Å². The van der Waals surface area contributed by atoms with Gasteiger partial charge in [-0.3, -0.25) is 13.9 Å². The van der Waals surface area contributed by atoms with E-state index in [0.717, 1.165) is 29.6 Å². The third-order valence-electron chi connectivity index (χ3n) is 6.23. The van der Waals surface area contributed by atoms with Crippen LogP contribution in [0.3, 0.4) is 0 Å². The van der Waals surface area contributed by atoms with Crippen LogP contribution >= 0.6 is 0 Å². The summed E-state index contributed by atoms with van der Waals surface area (Å²) in [6, 6.07) is 4.02. The molecule has 162 valence electrons. The Kier molecular flexibility index (Phi) is 4.42. The SMILES string of the molecule is Cn1c(=O)n(CC(C)(C)C)c2ccc(C3=CC4CCC3CN4C(=O)c3ncco3)nc21. The molecule has 0 spiro atoms. The van der Waals surface area contributed by atoms with E-state index in [9.17, 15) is 9.59 Å². The summed E-state index contributed by atoms with van der Waals surface area (Å²) in [4.78, 5) is 36.3. The van der Waals surface area contributed by atoms with Gasteiger partial charge in [0.1, 0.15) is 6.26 Å². The number of hydrogen-bond donors (Lipinski definition) is 0. The smallest absolute Gasteiger partial charge is 0.330 e. The lowest BCUT2D eigenvalue weighted by atomic mass is 9.78. The van der Waals surface area contributed by atoms with Gasteiger partial charge in [-0.15, -0.1) is 0 Å². The van der Waals surface area contributed by atoms with Crippen LogP contribution in [-0.4, -0.2) is 42.5 Å². The van der Waals surface area contributed by atoms with Crippen molar-refractivity contribution >= 4 is 22.6 Å². The van der Waals surface area contributed by atoms with Crippen LogP contribution in [0.25, 0.3) is 16.7 Å². The zero-order valence-electron chi connectivity index (χ0n) is 18.3. The summed E-state index contributed by atoms with van der Waals surface area (Å²) in [6.45, 7) is 7.62. The fraction of sp³-hybridized carbons (Fsp3) is 0.478. The van der Waals surface area contributed by atoms with Gasteiger partial charge in [-0.05, 0) is 36.0 Å². The quantitative estimate of drug-likeness (QED) is 0.649. The van der Waals surface area contributed by atoms with Crippen molar-refractivity contribution in [2.75, 3.05) is 6.54 Å². The first kappa shape index (κ1) is 19.8. The highest BCUT2D eigenvalue weighted by Crippen LogP contribution is 2.40. The van der Waals surface area contributed by atoms with E-state index in [1.165, 1.54) is 12.5 Å². The molecule has 2 atom stereocenters. The van der Waals surface area contributed by atoms with Gasteiger partial charge < -0.3 is 9.32 Å². The van der Waals surface area contributed by atoms with Crippen LogP contribution in [0.1, 0.15) is 50.0 Å². The molecule has 0 saturated carbocycles. The van der Waals surface area contributed by atoms with Crippen molar-refractivity contribution in [3.63, 3.8) is 0 Å². The molecule has 2 bridgehead atoms. The van der Waals surface area contributed by atoms with Gasteiger partial charge in [0.2, 0.25) is 0 Å². The zero-order valence-corrected chi connectivity index (χ0v) is 18.3. The summed E-state index contributed by atoms with van der Waals surface area (Å²) < 4.78 is 8.65. The van der Waals surface area contributed by atoms with Crippen molar-refractivity contribution in [1.82, 2.24) is 24.0 Å². The number of aromatic nitrogens is 4. The first-order valence-corrected chi connectivity index (χ1v) is 10.7. The van der Waals surface area contributed by atoms with E-state index >= 15 is 0 Å². The Morgan fingerprint density at radius 1 is 1.26 bits per heavy atom. The maximum atomic E-state index is 12.8. The Labute approximate surface area is 180 Å². The molecule has 0 N–H and O–H groups in total. The third-order valence-corrected chi connectivity index (χ3v) is 6.23. The van der Waals surface area contributed by atoms with Gasteiger partial charge in [0.15, 0.2) is 5.65 Å². The van der Waals surface area contributed by atoms with Crippen molar-refractivity contribution < 1.29 is 9.21 Å². The molecule has 3 aromatic rings. The number of carbonyl (C=O) groups excluding carboxylic acids is 1. The number of amides is 1. The van der Waals surface area contributed by atoms with Crippen LogP contribution in [0.15, 0.2) is 39.9 Å². The molecular weight excluding hydrogens is 394 g/mol. The zero-order chi connectivity index (χ0) is 21.9. The van der Waals surface area contributed by atoms with Gasteiger partial charge >= 0.3 is 11.6 Å². The lowest BCUT2D eigenvalue weighted by Gasteiger charge is -2.43. The number of pyridine rings is 1. The largest absolute Gasteiger partial charge is 0.441 e. The number of aryl methyl sites for hydroxylation is 1. The summed E-state index contributed by atoms with van der Waals surface area (Å²) >= 11 is 0. The molecule has 3 aliphatic rings. The minimum absolute atomic E-state index is 0.00575. The van der Waals surface area contributed by atoms with E-state index in [0.29, 0.717) is 18.7 Å². The van der Waals surface area contributed by atoms with Crippen molar-refractivity contribution in [3.8, 4) is 0 Å². The fourth-order valence-electron chi connectivity index (χ4n) is 4.80. The van der Waals surface area contributed by atoms with Crippen LogP contribution in [0.5, 0.6) is 0 Å². The Hall–Kier alpha value is -3.16. The molecule has 5 heterocycles. The molecular formula is C23H27N5O3. The number of imidazole rings is 1. The van der Waals surface area contributed by atoms with Gasteiger partial charge in [-0.2, -0.15) is 0 Å². The van der Waals surface area contributed by atoms with Gasteiger partial charge in [-0.1, -0.05) is 26.8 Å². The average Bonchev–Trinajstić information content (AvgIpc) is 3.36. The molecule has 1 amide bonds.